The van der Waals surface area contributed by atoms with E-state index in [9.17, 15) is 20.1 Å². The van der Waals surface area contributed by atoms with Crippen molar-refractivity contribution in [3.8, 4) is 17.5 Å². The number of rotatable bonds is 4. The Balaban J connectivity index is 1.53. The van der Waals surface area contributed by atoms with Gasteiger partial charge in [-0.25, -0.2) is 0 Å². The van der Waals surface area contributed by atoms with Gasteiger partial charge in [0.2, 0.25) is 17.7 Å². The van der Waals surface area contributed by atoms with E-state index in [0.29, 0.717) is 12.2 Å². The first kappa shape index (κ1) is 22.3. The summed E-state index contributed by atoms with van der Waals surface area (Å²) in [4.78, 5) is 12.7. The van der Waals surface area contributed by atoms with Crippen LogP contribution in [-0.2, 0) is 22.0 Å². The van der Waals surface area contributed by atoms with E-state index in [1.165, 1.54) is 0 Å². The van der Waals surface area contributed by atoms with Gasteiger partial charge in [0.15, 0.2) is 0 Å². The molecule has 1 heterocycles. The van der Waals surface area contributed by atoms with Gasteiger partial charge in [0.05, 0.1) is 0 Å². The van der Waals surface area contributed by atoms with Gasteiger partial charge in [0.25, 0.3) is 0 Å². The number of phenols is 1. The van der Waals surface area contributed by atoms with Crippen molar-refractivity contribution in [2.45, 2.75) is 83.5 Å². The van der Waals surface area contributed by atoms with E-state index in [1.54, 1.807) is 0 Å². The van der Waals surface area contributed by atoms with Crippen LogP contribution in [0.5, 0.6) is 17.5 Å². The first-order valence-corrected chi connectivity index (χ1v) is 11.3. The smallest absolute Gasteiger partial charge is 0.239 e. The van der Waals surface area contributed by atoms with Gasteiger partial charge in [0.1, 0.15) is 5.75 Å². The number of nitrogens with one attached hydrogen (secondary N) is 1. The molecule has 2 unspecified atom stereocenters. The summed E-state index contributed by atoms with van der Waals surface area (Å²) in [5.74, 6) is 0.0468. The highest BCUT2D eigenvalue weighted by atomic mass is 16.3. The molecule has 0 fully saturated rings. The Bertz CT molecular complexity index is 1040. The van der Waals surface area contributed by atoms with E-state index in [0.717, 1.165) is 38.9 Å². The minimum atomic E-state index is -0.299. The van der Waals surface area contributed by atoms with Crippen molar-refractivity contribution < 1.29 is 20.1 Å². The third-order valence-corrected chi connectivity index (χ3v) is 6.68. The lowest BCUT2D eigenvalue weighted by molar-refractivity contribution is -0.117. The molecule has 0 spiro atoms. The lowest BCUT2D eigenvalue weighted by Gasteiger charge is -2.28. The second kappa shape index (κ2) is 7.32. The van der Waals surface area contributed by atoms with Gasteiger partial charge in [-0.15, -0.1) is 0 Å². The molecule has 172 valence electrons. The Morgan fingerprint density at radius 2 is 1.41 bits per heavy atom. The molecule has 0 saturated heterocycles. The predicted octanol–water partition coefficient (Wildman–Crippen LogP) is 5.04. The molecule has 1 aromatic carbocycles. The standard InChI is InChI=1S/C26H34N2O4/c1-25(2,3)17-11-14(12-18(22(17)30)26(4,5)6)7-10-19(29)27-28-23(31)20-15-8-9-16(13-15)21(20)24(28)32/h8-9,11-12,15-16,30-32H,7,10,13H2,1-6H3,(H,27,29). The van der Waals surface area contributed by atoms with Gasteiger partial charge in [-0.3, -0.25) is 10.2 Å². The third-order valence-electron chi connectivity index (χ3n) is 6.68. The number of aryl methyl sites for hydroxylation is 1. The van der Waals surface area contributed by atoms with Crippen molar-refractivity contribution in [2.24, 2.45) is 0 Å². The Labute approximate surface area is 189 Å². The minimum Gasteiger partial charge on any atom is -0.507 e. The summed E-state index contributed by atoms with van der Waals surface area (Å²) < 4.78 is 1.11. The minimum absolute atomic E-state index is 0.0858. The normalized spacial score (nSPS) is 19.4. The lowest BCUT2D eigenvalue weighted by Crippen LogP contribution is -2.23. The molecule has 2 bridgehead atoms. The van der Waals surface area contributed by atoms with Gasteiger partial charge in [-0.2, -0.15) is 4.68 Å². The number of phenolic OH excluding ortho intramolecular Hbond substituents is 1. The molecule has 2 atom stereocenters. The average molecular weight is 439 g/mol. The molecule has 4 N–H and O–H groups in total. The number of nitrogens with zero attached hydrogens (tertiary/aromatic N) is 1. The van der Waals surface area contributed by atoms with Crippen LogP contribution in [0.3, 0.4) is 0 Å². The van der Waals surface area contributed by atoms with Crippen LogP contribution in [0.4, 0.5) is 0 Å². The molecule has 0 radical (unpaired) electrons. The maximum absolute atomic E-state index is 12.7. The maximum atomic E-state index is 12.7. The maximum Gasteiger partial charge on any atom is 0.239 e. The topological polar surface area (TPSA) is 94.7 Å². The van der Waals surface area contributed by atoms with Crippen molar-refractivity contribution in [1.82, 2.24) is 4.68 Å². The quantitative estimate of drug-likeness (QED) is 0.503. The van der Waals surface area contributed by atoms with Crippen molar-refractivity contribution in [2.75, 3.05) is 5.43 Å². The SMILES string of the molecule is CC(C)(C)c1cc(CCC(=O)Nn2c(O)c3c(c2O)C2C=CC3C2)cc(C(C)(C)C)c1O. The summed E-state index contributed by atoms with van der Waals surface area (Å²) in [6.45, 7) is 12.4. The van der Waals surface area contributed by atoms with Crippen LogP contribution in [0.15, 0.2) is 24.3 Å². The second-order valence-electron chi connectivity index (χ2n) is 11.2. The average Bonchev–Trinajstić information content (AvgIpc) is 3.35. The molecule has 6 nitrogen and oxygen atoms in total. The fourth-order valence-electron chi connectivity index (χ4n) is 4.97. The van der Waals surface area contributed by atoms with E-state index in [2.05, 4.69) is 47.0 Å². The summed E-state index contributed by atoms with van der Waals surface area (Å²) in [5.41, 5.74) is 6.31. The molecular weight excluding hydrogens is 404 g/mol. The van der Waals surface area contributed by atoms with E-state index >= 15 is 0 Å². The molecule has 1 amide bonds. The number of benzene rings is 1. The molecule has 2 aliphatic carbocycles. The van der Waals surface area contributed by atoms with Crippen LogP contribution in [0.25, 0.3) is 0 Å². The zero-order valence-electron chi connectivity index (χ0n) is 19.8. The second-order valence-corrected chi connectivity index (χ2v) is 11.2. The van der Waals surface area contributed by atoms with Crippen molar-refractivity contribution in [3.63, 3.8) is 0 Å². The lowest BCUT2D eigenvalue weighted by atomic mass is 9.78. The van der Waals surface area contributed by atoms with Crippen LogP contribution < -0.4 is 5.43 Å². The first-order chi connectivity index (χ1) is 14.8. The van der Waals surface area contributed by atoms with E-state index in [-0.39, 0.29) is 46.8 Å². The number of aromatic hydroxyl groups is 3. The third kappa shape index (κ3) is 3.65. The molecule has 0 aliphatic heterocycles. The fraction of sp³-hybridized carbons (Fsp3) is 0.500. The number of allylic oxidation sites excluding steroid dienone is 2. The monoisotopic (exact) mass is 438 g/mol. The van der Waals surface area contributed by atoms with E-state index < -0.39 is 0 Å². The van der Waals surface area contributed by atoms with Gasteiger partial charge >= 0.3 is 0 Å². The van der Waals surface area contributed by atoms with Crippen molar-refractivity contribution in [1.29, 1.82) is 0 Å². The fourth-order valence-corrected chi connectivity index (χ4v) is 4.97. The largest absolute Gasteiger partial charge is 0.507 e. The zero-order valence-corrected chi connectivity index (χ0v) is 19.8. The van der Waals surface area contributed by atoms with Gasteiger partial charge in [-0.1, -0.05) is 65.8 Å². The number of aromatic nitrogens is 1. The van der Waals surface area contributed by atoms with Crippen LogP contribution in [-0.4, -0.2) is 25.9 Å². The molecule has 32 heavy (non-hydrogen) atoms. The van der Waals surface area contributed by atoms with E-state index in [4.69, 9.17) is 0 Å². The number of hydrogen-bond acceptors (Lipinski definition) is 4. The summed E-state index contributed by atoms with van der Waals surface area (Å²) in [5, 5.41) is 32.1. The summed E-state index contributed by atoms with van der Waals surface area (Å²) in [7, 11) is 0. The number of carbonyl (C=O) groups excluding carboxylic acids is 1. The number of carbonyl (C=O) groups is 1. The van der Waals surface area contributed by atoms with Crippen LogP contribution in [0, 0.1) is 0 Å². The van der Waals surface area contributed by atoms with Gasteiger partial charge in [-0.05, 0) is 40.4 Å². The van der Waals surface area contributed by atoms with Crippen LogP contribution >= 0.6 is 0 Å². The molecule has 0 saturated carbocycles. The van der Waals surface area contributed by atoms with Gasteiger partial charge < -0.3 is 15.3 Å². The van der Waals surface area contributed by atoms with Gasteiger partial charge in [0, 0.05) is 29.4 Å². The highest BCUT2D eigenvalue weighted by Crippen LogP contribution is 2.56. The highest BCUT2D eigenvalue weighted by molar-refractivity contribution is 5.84. The van der Waals surface area contributed by atoms with Crippen molar-refractivity contribution in [3.05, 3.63) is 52.1 Å². The van der Waals surface area contributed by atoms with E-state index in [1.807, 2.05) is 24.3 Å². The van der Waals surface area contributed by atoms with Crippen LogP contribution in [0.2, 0.25) is 0 Å². The zero-order chi connectivity index (χ0) is 23.6. The molecule has 6 heteroatoms. The molecular formula is C26H34N2O4. The Kier molecular flexibility index (Phi) is 5.11. The molecule has 1 aromatic heterocycles. The number of amides is 1. The first-order valence-electron chi connectivity index (χ1n) is 11.3. The molecule has 2 aromatic rings. The van der Waals surface area contributed by atoms with Crippen LogP contribution in [0.1, 0.15) is 94.0 Å². The highest BCUT2D eigenvalue weighted by Gasteiger charge is 2.41. The Morgan fingerprint density at radius 1 is 0.938 bits per heavy atom. The summed E-state index contributed by atoms with van der Waals surface area (Å²) in [6.07, 6.45) is 5.62. The summed E-state index contributed by atoms with van der Waals surface area (Å²) in [6, 6.07) is 3.95. The summed E-state index contributed by atoms with van der Waals surface area (Å²) >= 11 is 0. The van der Waals surface area contributed by atoms with Crippen molar-refractivity contribution >= 4 is 5.91 Å². The predicted molar refractivity (Wildman–Crippen MR) is 125 cm³/mol. The number of fused-ring (bicyclic) bond motifs is 5. The number of hydrogen-bond donors (Lipinski definition) is 4. The Morgan fingerprint density at radius 3 is 1.84 bits per heavy atom. The Hall–Kier alpha value is -2.89. The molecule has 4 rings (SSSR count). The molecule has 2 aliphatic rings.